The van der Waals surface area contributed by atoms with Crippen LogP contribution in [0.3, 0.4) is 0 Å². The number of halogens is 2. The minimum atomic E-state index is -3.83. The SMILES string of the molecule is N#Cc1c(S)cc(S(=O)(=O)Cl)cc1CCl. The van der Waals surface area contributed by atoms with E-state index in [1.54, 1.807) is 0 Å². The van der Waals surface area contributed by atoms with E-state index < -0.39 is 9.05 Å². The molecule has 0 saturated heterocycles. The first-order valence-corrected chi connectivity index (χ1v) is 6.96. The summed E-state index contributed by atoms with van der Waals surface area (Å²) in [5.41, 5.74) is 0.656. The van der Waals surface area contributed by atoms with Crippen molar-refractivity contribution < 1.29 is 8.42 Å². The van der Waals surface area contributed by atoms with E-state index in [9.17, 15) is 8.42 Å². The number of hydrogen-bond acceptors (Lipinski definition) is 4. The van der Waals surface area contributed by atoms with Crippen molar-refractivity contribution in [1.29, 1.82) is 5.26 Å². The molecular formula is C8H5Cl2NO2S2. The van der Waals surface area contributed by atoms with Crippen molar-refractivity contribution in [1.82, 2.24) is 0 Å². The Kier molecular flexibility index (Phi) is 3.90. The highest BCUT2D eigenvalue weighted by Gasteiger charge is 2.15. The normalized spacial score (nSPS) is 11.1. The molecule has 15 heavy (non-hydrogen) atoms. The maximum atomic E-state index is 11.1. The number of benzene rings is 1. The lowest BCUT2D eigenvalue weighted by Gasteiger charge is -2.05. The Labute approximate surface area is 102 Å². The van der Waals surface area contributed by atoms with Crippen molar-refractivity contribution in [3.05, 3.63) is 23.3 Å². The maximum absolute atomic E-state index is 11.1. The van der Waals surface area contributed by atoms with Gasteiger partial charge in [-0.1, -0.05) is 0 Å². The highest BCUT2D eigenvalue weighted by Crippen LogP contribution is 2.26. The molecule has 0 atom stereocenters. The van der Waals surface area contributed by atoms with Crippen LogP contribution >= 0.6 is 34.9 Å². The summed E-state index contributed by atoms with van der Waals surface area (Å²) in [6, 6.07) is 4.39. The molecule has 3 nitrogen and oxygen atoms in total. The highest BCUT2D eigenvalue weighted by atomic mass is 35.7. The van der Waals surface area contributed by atoms with Gasteiger partial charge >= 0.3 is 0 Å². The molecule has 0 N–H and O–H groups in total. The van der Waals surface area contributed by atoms with Gasteiger partial charge in [-0.15, -0.1) is 24.2 Å². The minimum Gasteiger partial charge on any atom is -0.207 e. The molecule has 0 radical (unpaired) electrons. The van der Waals surface area contributed by atoms with Gasteiger partial charge in [-0.05, 0) is 17.7 Å². The lowest BCUT2D eigenvalue weighted by atomic mass is 10.1. The summed E-state index contributed by atoms with van der Waals surface area (Å²) >= 11 is 9.58. The summed E-state index contributed by atoms with van der Waals surface area (Å²) in [5.74, 6) is 0.0245. The van der Waals surface area contributed by atoms with Crippen LogP contribution < -0.4 is 0 Å². The molecule has 0 aliphatic carbocycles. The van der Waals surface area contributed by atoms with E-state index in [0.29, 0.717) is 5.56 Å². The molecule has 0 aliphatic rings. The average Bonchev–Trinajstić information content (AvgIpc) is 2.15. The molecular weight excluding hydrogens is 277 g/mol. The van der Waals surface area contributed by atoms with Gasteiger partial charge in [0.05, 0.1) is 10.5 Å². The molecule has 0 bridgehead atoms. The molecule has 0 saturated carbocycles. The van der Waals surface area contributed by atoms with Gasteiger partial charge < -0.3 is 0 Å². The predicted octanol–water partition coefficient (Wildman–Crippen LogP) is 2.51. The lowest BCUT2D eigenvalue weighted by Crippen LogP contribution is -1.96. The number of alkyl halides is 1. The second-order valence-electron chi connectivity index (χ2n) is 2.66. The fourth-order valence-electron chi connectivity index (χ4n) is 1.03. The molecule has 0 unspecified atom stereocenters. The molecule has 0 amide bonds. The Morgan fingerprint density at radius 3 is 2.47 bits per heavy atom. The third-order valence-corrected chi connectivity index (χ3v) is 3.68. The number of rotatable bonds is 2. The molecule has 1 aromatic carbocycles. The monoisotopic (exact) mass is 281 g/mol. The van der Waals surface area contributed by atoms with Gasteiger partial charge in [0.2, 0.25) is 0 Å². The summed E-state index contributed by atoms with van der Waals surface area (Å²) in [7, 11) is 1.34. The van der Waals surface area contributed by atoms with Crippen LogP contribution in [0.4, 0.5) is 0 Å². The standard InChI is InChI=1S/C8H5Cl2NO2S2/c9-3-5-1-6(15(10,12)13)2-8(14)7(5)4-11/h1-2,14H,3H2. The van der Waals surface area contributed by atoms with Crippen LogP contribution in [0, 0.1) is 11.3 Å². The van der Waals surface area contributed by atoms with E-state index in [1.165, 1.54) is 12.1 Å². The van der Waals surface area contributed by atoms with E-state index in [0.717, 1.165) is 0 Å². The summed E-state index contributed by atoms with van der Waals surface area (Å²) in [5, 5.41) is 8.78. The zero-order valence-corrected chi connectivity index (χ0v) is 10.5. The maximum Gasteiger partial charge on any atom is 0.261 e. The van der Waals surface area contributed by atoms with Crippen molar-refractivity contribution in [3.63, 3.8) is 0 Å². The van der Waals surface area contributed by atoms with Crippen LogP contribution in [0.2, 0.25) is 0 Å². The summed E-state index contributed by atoms with van der Waals surface area (Å²) in [4.78, 5) is 0.138. The van der Waals surface area contributed by atoms with E-state index >= 15 is 0 Å². The first-order chi connectivity index (χ1) is 6.90. The number of hydrogen-bond donors (Lipinski definition) is 1. The Bertz CT molecular complexity index is 534. The predicted molar refractivity (Wildman–Crippen MR) is 61.0 cm³/mol. The van der Waals surface area contributed by atoms with Crippen LogP contribution in [0.15, 0.2) is 21.9 Å². The van der Waals surface area contributed by atoms with E-state index in [4.69, 9.17) is 27.5 Å². The summed E-state index contributed by atoms with van der Waals surface area (Å²) in [6.07, 6.45) is 0. The van der Waals surface area contributed by atoms with Crippen molar-refractivity contribution in [2.24, 2.45) is 0 Å². The fourth-order valence-corrected chi connectivity index (χ4v) is 2.47. The van der Waals surface area contributed by atoms with Crippen LogP contribution in [-0.4, -0.2) is 8.42 Å². The Morgan fingerprint density at radius 2 is 2.07 bits per heavy atom. The van der Waals surface area contributed by atoms with E-state index in [-0.39, 0.29) is 21.2 Å². The number of nitriles is 1. The van der Waals surface area contributed by atoms with Gasteiger partial charge in [0, 0.05) is 21.5 Å². The molecule has 7 heteroatoms. The highest BCUT2D eigenvalue weighted by molar-refractivity contribution is 8.13. The van der Waals surface area contributed by atoms with Crippen molar-refractivity contribution in [2.75, 3.05) is 0 Å². The van der Waals surface area contributed by atoms with Gasteiger partial charge in [0.1, 0.15) is 6.07 Å². The van der Waals surface area contributed by atoms with E-state index in [1.807, 2.05) is 6.07 Å². The number of nitrogens with zero attached hydrogens (tertiary/aromatic N) is 1. The Balaban J connectivity index is 3.54. The second kappa shape index (κ2) is 4.62. The topological polar surface area (TPSA) is 57.9 Å². The quantitative estimate of drug-likeness (QED) is 0.515. The third kappa shape index (κ3) is 2.79. The smallest absolute Gasteiger partial charge is 0.207 e. The van der Waals surface area contributed by atoms with Crippen LogP contribution in [0.1, 0.15) is 11.1 Å². The molecule has 0 heterocycles. The first kappa shape index (κ1) is 12.7. The summed E-state index contributed by atoms with van der Waals surface area (Å²) in [6.45, 7) is 0. The van der Waals surface area contributed by atoms with Crippen molar-refractivity contribution in [2.45, 2.75) is 15.7 Å². The molecule has 0 spiro atoms. The first-order valence-electron chi connectivity index (χ1n) is 3.66. The minimum absolute atomic E-state index is 0.0245. The Hall–Kier alpha value is -0.410. The summed E-state index contributed by atoms with van der Waals surface area (Å²) < 4.78 is 22.1. The van der Waals surface area contributed by atoms with Gasteiger partial charge in [0.25, 0.3) is 9.05 Å². The molecule has 1 aromatic rings. The van der Waals surface area contributed by atoms with Crippen LogP contribution in [0.25, 0.3) is 0 Å². The fraction of sp³-hybridized carbons (Fsp3) is 0.125. The van der Waals surface area contributed by atoms with Crippen LogP contribution in [0.5, 0.6) is 0 Å². The van der Waals surface area contributed by atoms with Gasteiger partial charge in [-0.3, -0.25) is 0 Å². The lowest BCUT2D eigenvalue weighted by molar-refractivity contribution is 0.609. The third-order valence-electron chi connectivity index (χ3n) is 1.71. The van der Waals surface area contributed by atoms with Crippen molar-refractivity contribution in [3.8, 4) is 6.07 Å². The average molecular weight is 282 g/mol. The zero-order chi connectivity index (χ0) is 11.6. The molecule has 0 fully saturated rings. The number of thiol groups is 1. The zero-order valence-electron chi connectivity index (χ0n) is 7.24. The van der Waals surface area contributed by atoms with Crippen LogP contribution in [-0.2, 0) is 14.9 Å². The van der Waals surface area contributed by atoms with Gasteiger partial charge in [-0.2, -0.15) is 5.26 Å². The second-order valence-corrected chi connectivity index (χ2v) is 5.97. The molecule has 0 aromatic heterocycles. The molecule has 1 rings (SSSR count). The van der Waals surface area contributed by atoms with Crippen molar-refractivity contribution >= 4 is 44.0 Å². The molecule has 80 valence electrons. The van der Waals surface area contributed by atoms with Gasteiger partial charge in [-0.25, -0.2) is 8.42 Å². The largest absolute Gasteiger partial charge is 0.261 e. The Morgan fingerprint density at radius 1 is 1.47 bits per heavy atom. The van der Waals surface area contributed by atoms with E-state index in [2.05, 4.69) is 12.6 Å². The van der Waals surface area contributed by atoms with Gasteiger partial charge in [0.15, 0.2) is 0 Å². The molecule has 0 aliphatic heterocycles.